The van der Waals surface area contributed by atoms with Crippen molar-refractivity contribution in [2.24, 2.45) is 4.99 Å². The summed E-state index contributed by atoms with van der Waals surface area (Å²) in [6.45, 7) is 5.68. The van der Waals surface area contributed by atoms with Gasteiger partial charge in [-0.3, -0.25) is 0 Å². The number of hydrogen-bond donors (Lipinski definition) is 0. The first-order valence-electron chi connectivity index (χ1n) is 5.96. The standard InChI is InChI=1S/C12H12BrN5O2S/c1-12(2,3)20-8-4-7(14-6-19)15-10(16-8)11-18-17-9(5-13)21-11/h4H,5H2,1-3H3. The molecule has 0 aliphatic heterocycles. The molecule has 0 saturated carbocycles. The van der Waals surface area contributed by atoms with Gasteiger partial charge in [-0.25, -0.2) is 9.78 Å². The monoisotopic (exact) mass is 369 g/mol. The van der Waals surface area contributed by atoms with E-state index in [-0.39, 0.29) is 5.82 Å². The SMILES string of the molecule is CC(C)(C)Oc1cc(N=C=O)nc(-c2nnc(CBr)s2)n1. The fourth-order valence-corrected chi connectivity index (χ4v) is 2.46. The number of nitrogens with zero attached hydrogens (tertiary/aromatic N) is 5. The molecule has 0 bridgehead atoms. The Morgan fingerprint density at radius 1 is 1.38 bits per heavy atom. The molecule has 0 amide bonds. The van der Waals surface area contributed by atoms with Crippen LogP contribution in [0.15, 0.2) is 11.1 Å². The summed E-state index contributed by atoms with van der Waals surface area (Å²) in [7, 11) is 0. The third kappa shape index (κ3) is 4.38. The number of aromatic nitrogens is 4. The van der Waals surface area contributed by atoms with Crippen molar-refractivity contribution >= 4 is 39.2 Å². The van der Waals surface area contributed by atoms with Crippen LogP contribution < -0.4 is 4.74 Å². The van der Waals surface area contributed by atoms with E-state index in [4.69, 9.17) is 4.74 Å². The third-order valence-corrected chi connectivity index (χ3v) is 3.85. The van der Waals surface area contributed by atoms with Gasteiger partial charge in [-0.15, -0.1) is 15.2 Å². The average molecular weight is 370 g/mol. The second-order valence-electron chi connectivity index (χ2n) is 4.94. The van der Waals surface area contributed by atoms with E-state index in [1.165, 1.54) is 23.5 Å². The second-order valence-corrected chi connectivity index (χ2v) is 6.56. The summed E-state index contributed by atoms with van der Waals surface area (Å²) in [6.07, 6.45) is 1.46. The molecule has 0 radical (unpaired) electrons. The fourth-order valence-electron chi connectivity index (χ4n) is 1.38. The minimum absolute atomic E-state index is 0.171. The van der Waals surface area contributed by atoms with Crippen LogP contribution in [0.2, 0.25) is 0 Å². The van der Waals surface area contributed by atoms with Crippen molar-refractivity contribution in [2.45, 2.75) is 31.7 Å². The molecule has 21 heavy (non-hydrogen) atoms. The number of isocyanates is 1. The average Bonchev–Trinajstić information content (AvgIpc) is 2.85. The van der Waals surface area contributed by atoms with Crippen LogP contribution in [-0.2, 0) is 10.1 Å². The number of rotatable bonds is 4. The third-order valence-electron chi connectivity index (χ3n) is 2.03. The lowest BCUT2D eigenvalue weighted by Crippen LogP contribution is -2.23. The van der Waals surface area contributed by atoms with Crippen LogP contribution in [0.3, 0.4) is 0 Å². The highest BCUT2D eigenvalue weighted by Crippen LogP contribution is 2.27. The van der Waals surface area contributed by atoms with E-state index in [2.05, 4.69) is 41.1 Å². The molecule has 7 nitrogen and oxygen atoms in total. The van der Waals surface area contributed by atoms with E-state index in [1.54, 1.807) is 0 Å². The zero-order valence-corrected chi connectivity index (χ0v) is 14.0. The van der Waals surface area contributed by atoms with Gasteiger partial charge in [0.2, 0.25) is 12.0 Å². The molecule has 0 aliphatic carbocycles. The van der Waals surface area contributed by atoms with E-state index < -0.39 is 5.60 Å². The predicted octanol–water partition coefficient (Wildman–Crippen LogP) is 3.03. The Labute approximate surface area is 133 Å². The summed E-state index contributed by atoms with van der Waals surface area (Å²) < 4.78 is 5.69. The lowest BCUT2D eigenvalue weighted by Gasteiger charge is -2.20. The number of aliphatic imine (C=N–C) groups is 1. The lowest BCUT2D eigenvalue weighted by molar-refractivity contribution is 0.124. The molecule has 110 valence electrons. The predicted molar refractivity (Wildman–Crippen MR) is 81.7 cm³/mol. The van der Waals surface area contributed by atoms with Gasteiger partial charge in [0.15, 0.2) is 16.6 Å². The molecule has 0 aromatic carbocycles. The van der Waals surface area contributed by atoms with Gasteiger partial charge in [-0.1, -0.05) is 27.3 Å². The van der Waals surface area contributed by atoms with Crippen LogP contribution in [0, 0.1) is 0 Å². The van der Waals surface area contributed by atoms with E-state index >= 15 is 0 Å². The van der Waals surface area contributed by atoms with Crippen molar-refractivity contribution in [3.63, 3.8) is 0 Å². The Kier molecular flexibility index (Phi) is 4.76. The van der Waals surface area contributed by atoms with E-state index in [0.717, 1.165) is 5.01 Å². The quantitative estimate of drug-likeness (QED) is 0.467. The van der Waals surface area contributed by atoms with Crippen molar-refractivity contribution in [2.75, 3.05) is 0 Å². The highest BCUT2D eigenvalue weighted by atomic mass is 79.9. The number of carbonyl (C=O) groups excluding carboxylic acids is 1. The van der Waals surface area contributed by atoms with Crippen molar-refractivity contribution in [3.05, 3.63) is 11.1 Å². The molecule has 0 unspecified atom stereocenters. The van der Waals surface area contributed by atoms with Gasteiger partial charge < -0.3 is 4.74 Å². The normalized spacial score (nSPS) is 11.0. The number of halogens is 1. The summed E-state index contributed by atoms with van der Waals surface area (Å²) in [5.41, 5.74) is -0.435. The lowest BCUT2D eigenvalue weighted by atomic mass is 10.2. The molecule has 9 heteroatoms. The van der Waals surface area contributed by atoms with Crippen LogP contribution in [0.4, 0.5) is 5.82 Å². The van der Waals surface area contributed by atoms with Gasteiger partial charge in [0.05, 0.1) is 5.33 Å². The molecule has 0 fully saturated rings. The Hall–Kier alpha value is -1.70. The Balaban J connectivity index is 2.46. The summed E-state index contributed by atoms with van der Waals surface area (Å²) in [5.74, 6) is 0.803. The van der Waals surface area contributed by atoms with Crippen LogP contribution in [0.1, 0.15) is 25.8 Å². The maximum atomic E-state index is 10.4. The van der Waals surface area contributed by atoms with E-state index in [1.807, 2.05) is 20.8 Å². The number of ether oxygens (including phenoxy) is 1. The van der Waals surface area contributed by atoms with Crippen molar-refractivity contribution in [1.82, 2.24) is 20.2 Å². The molecule has 0 N–H and O–H groups in total. The maximum Gasteiger partial charge on any atom is 0.242 e. The van der Waals surface area contributed by atoms with Gasteiger partial charge in [0.1, 0.15) is 10.6 Å². The molecule has 0 atom stereocenters. The maximum absolute atomic E-state index is 10.4. The molecule has 2 rings (SSSR count). The number of alkyl halides is 1. The van der Waals surface area contributed by atoms with Gasteiger partial charge in [-0.2, -0.15) is 4.98 Å². The Morgan fingerprint density at radius 2 is 2.14 bits per heavy atom. The van der Waals surface area contributed by atoms with Crippen molar-refractivity contribution in [1.29, 1.82) is 0 Å². The van der Waals surface area contributed by atoms with Gasteiger partial charge in [0, 0.05) is 6.07 Å². The molecular formula is C12H12BrN5O2S. The van der Waals surface area contributed by atoms with Crippen LogP contribution in [0.5, 0.6) is 5.88 Å². The zero-order chi connectivity index (χ0) is 15.5. The summed E-state index contributed by atoms with van der Waals surface area (Å²) in [5, 5.41) is 9.93. The molecule has 0 spiro atoms. The molecule has 0 saturated heterocycles. The first-order valence-corrected chi connectivity index (χ1v) is 7.90. The highest BCUT2D eigenvalue weighted by Gasteiger charge is 2.17. The highest BCUT2D eigenvalue weighted by molar-refractivity contribution is 9.08. The zero-order valence-electron chi connectivity index (χ0n) is 11.6. The largest absolute Gasteiger partial charge is 0.472 e. The first kappa shape index (κ1) is 15.7. The first-order chi connectivity index (χ1) is 9.91. The topological polar surface area (TPSA) is 90.2 Å². The second kappa shape index (κ2) is 6.38. The van der Waals surface area contributed by atoms with Crippen molar-refractivity contribution in [3.8, 4) is 16.7 Å². The Bertz CT molecular complexity index is 691. The summed E-state index contributed by atoms with van der Waals surface area (Å²) in [4.78, 5) is 22.4. The van der Waals surface area contributed by atoms with Gasteiger partial charge in [0.25, 0.3) is 0 Å². The van der Waals surface area contributed by atoms with E-state index in [9.17, 15) is 4.79 Å². The van der Waals surface area contributed by atoms with Crippen LogP contribution in [0.25, 0.3) is 10.8 Å². The Morgan fingerprint density at radius 3 is 2.71 bits per heavy atom. The molecule has 2 aromatic heterocycles. The van der Waals surface area contributed by atoms with Gasteiger partial charge >= 0.3 is 0 Å². The van der Waals surface area contributed by atoms with E-state index in [0.29, 0.717) is 22.0 Å². The van der Waals surface area contributed by atoms with Crippen LogP contribution in [-0.4, -0.2) is 31.8 Å². The molecule has 0 aliphatic rings. The smallest absolute Gasteiger partial charge is 0.242 e. The van der Waals surface area contributed by atoms with Crippen molar-refractivity contribution < 1.29 is 9.53 Å². The molecular weight excluding hydrogens is 358 g/mol. The minimum Gasteiger partial charge on any atom is -0.472 e. The van der Waals surface area contributed by atoms with Crippen LogP contribution >= 0.6 is 27.3 Å². The fraction of sp³-hybridized carbons (Fsp3) is 0.417. The minimum atomic E-state index is -0.435. The summed E-state index contributed by atoms with van der Waals surface area (Å²) >= 11 is 4.66. The molecule has 2 aromatic rings. The molecule has 2 heterocycles. The number of hydrogen-bond acceptors (Lipinski definition) is 8. The summed E-state index contributed by atoms with van der Waals surface area (Å²) in [6, 6.07) is 1.48. The van der Waals surface area contributed by atoms with Gasteiger partial charge in [-0.05, 0) is 20.8 Å².